The summed E-state index contributed by atoms with van der Waals surface area (Å²) in [6.07, 6.45) is 0.418. The SMILES string of the molecule is COc1ccc(C(=O)CCNCc2ccc(O)c(OC)c2)cc1. The molecule has 2 rings (SSSR count). The zero-order valence-corrected chi connectivity index (χ0v) is 13.3. The highest BCUT2D eigenvalue weighted by Crippen LogP contribution is 2.26. The molecule has 0 aromatic heterocycles. The molecular weight excluding hydrogens is 294 g/mol. The highest BCUT2D eigenvalue weighted by Gasteiger charge is 2.06. The van der Waals surface area contributed by atoms with Crippen molar-refractivity contribution in [2.24, 2.45) is 0 Å². The van der Waals surface area contributed by atoms with Gasteiger partial charge in [0.1, 0.15) is 5.75 Å². The van der Waals surface area contributed by atoms with Crippen LogP contribution in [0.15, 0.2) is 42.5 Å². The van der Waals surface area contributed by atoms with Gasteiger partial charge in [-0.1, -0.05) is 6.07 Å². The summed E-state index contributed by atoms with van der Waals surface area (Å²) in [5.74, 6) is 1.38. The number of phenolic OH excluding ortho intramolecular Hbond substituents is 1. The number of ketones is 1. The molecule has 0 amide bonds. The normalized spacial score (nSPS) is 10.3. The number of nitrogens with one attached hydrogen (secondary N) is 1. The second kappa shape index (κ2) is 8.19. The summed E-state index contributed by atoms with van der Waals surface area (Å²) in [4.78, 5) is 12.1. The molecule has 0 aliphatic carbocycles. The number of hydrogen-bond donors (Lipinski definition) is 2. The first-order valence-corrected chi connectivity index (χ1v) is 7.38. The summed E-state index contributed by atoms with van der Waals surface area (Å²) in [6.45, 7) is 1.18. The average Bonchev–Trinajstić information content (AvgIpc) is 2.59. The molecule has 2 aromatic carbocycles. The van der Waals surface area contributed by atoms with E-state index in [9.17, 15) is 9.90 Å². The minimum Gasteiger partial charge on any atom is -0.504 e. The fourth-order valence-electron chi connectivity index (χ4n) is 2.19. The van der Waals surface area contributed by atoms with E-state index < -0.39 is 0 Å². The van der Waals surface area contributed by atoms with Crippen LogP contribution in [-0.4, -0.2) is 31.7 Å². The number of methoxy groups -OCH3 is 2. The number of carbonyl (C=O) groups is 1. The van der Waals surface area contributed by atoms with E-state index in [1.807, 2.05) is 6.07 Å². The molecule has 122 valence electrons. The first kappa shape index (κ1) is 16.8. The molecule has 0 atom stereocenters. The first-order chi connectivity index (χ1) is 11.1. The number of carbonyl (C=O) groups excluding carboxylic acids is 1. The highest BCUT2D eigenvalue weighted by molar-refractivity contribution is 5.96. The number of Topliss-reactive ketones (excluding diaryl/α,β-unsaturated/α-hetero) is 1. The minimum atomic E-state index is 0.0865. The van der Waals surface area contributed by atoms with Crippen LogP contribution in [0.1, 0.15) is 22.3 Å². The van der Waals surface area contributed by atoms with Gasteiger partial charge < -0.3 is 19.9 Å². The Balaban J connectivity index is 1.79. The number of benzene rings is 2. The third kappa shape index (κ3) is 4.72. The third-order valence-corrected chi connectivity index (χ3v) is 3.51. The van der Waals surface area contributed by atoms with E-state index >= 15 is 0 Å². The predicted molar refractivity (Wildman–Crippen MR) is 88.3 cm³/mol. The van der Waals surface area contributed by atoms with Gasteiger partial charge in [0.25, 0.3) is 0 Å². The Labute approximate surface area is 135 Å². The molecule has 5 nitrogen and oxygen atoms in total. The van der Waals surface area contributed by atoms with Gasteiger partial charge in [-0.3, -0.25) is 4.79 Å². The lowest BCUT2D eigenvalue weighted by molar-refractivity contribution is 0.0982. The Morgan fingerprint density at radius 3 is 2.48 bits per heavy atom. The summed E-state index contributed by atoms with van der Waals surface area (Å²) in [7, 11) is 3.11. The standard InChI is InChI=1S/C18H21NO4/c1-22-15-6-4-14(5-7-15)16(20)9-10-19-12-13-3-8-17(21)18(11-13)23-2/h3-8,11,19,21H,9-10,12H2,1-2H3. The number of hydrogen-bond acceptors (Lipinski definition) is 5. The molecule has 5 heteroatoms. The quantitative estimate of drug-likeness (QED) is 0.579. The molecule has 0 aliphatic heterocycles. The fourth-order valence-corrected chi connectivity index (χ4v) is 2.19. The van der Waals surface area contributed by atoms with Crippen molar-refractivity contribution >= 4 is 5.78 Å². The van der Waals surface area contributed by atoms with Crippen LogP contribution >= 0.6 is 0 Å². The molecule has 0 heterocycles. The van der Waals surface area contributed by atoms with Crippen molar-refractivity contribution in [1.29, 1.82) is 0 Å². The van der Waals surface area contributed by atoms with E-state index in [4.69, 9.17) is 9.47 Å². The van der Waals surface area contributed by atoms with Gasteiger partial charge >= 0.3 is 0 Å². The Morgan fingerprint density at radius 2 is 1.83 bits per heavy atom. The molecule has 2 N–H and O–H groups in total. The van der Waals surface area contributed by atoms with Gasteiger partial charge in [0.05, 0.1) is 14.2 Å². The summed E-state index contributed by atoms with van der Waals surface area (Å²) >= 11 is 0. The van der Waals surface area contributed by atoms with Crippen molar-refractivity contribution in [3.05, 3.63) is 53.6 Å². The largest absolute Gasteiger partial charge is 0.504 e. The maximum atomic E-state index is 12.1. The van der Waals surface area contributed by atoms with Crippen LogP contribution in [0.3, 0.4) is 0 Å². The number of aromatic hydroxyl groups is 1. The molecule has 2 aromatic rings. The van der Waals surface area contributed by atoms with Crippen molar-refractivity contribution in [2.75, 3.05) is 20.8 Å². The minimum absolute atomic E-state index is 0.0865. The van der Waals surface area contributed by atoms with Crippen LogP contribution in [-0.2, 0) is 6.54 Å². The second-order valence-electron chi connectivity index (χ2n) is 5.08. The lowest BCUT2D eigenvalue weighted by atomic mass is 10.1. The smallest absolute Gasteiger partial charge is 0.164 e. The predicted octanol–water partition coefficient (Wildman–Crippen LogP) is 2.77. The molecule has 0 saturated carbocycles. The van der Waals surface area contributed by atoms with E-state index in [-0.39, 0.29) is 11.5 Å². The van der Waals surface area contributed by atoms with Crippen LogP contribution in [0, 0.1) is 0 Å². The van der Waals surface area contributed by atoms with Gasteiger partial charge in [-0.15, -0.1) is 0 Å². The second-order valence-corrected chi connectivity index (χ2v) is 5.08. The van der Waals surface area contributed by atoms with Crippen molar-refractivity contribution in [3.8, 4) is 17.2 Å². The summed E-state index contributed by atoms with van der Waals surface area (Å²) in [6, 6.07) is 12.3. The molecule has 23 heavy (non-hydrogen) atoms. The van der Waals surface area contributed by atoms with E-state index in [1.165, 1.54) is 7.11 Å². The number of rotatable bonds is 8. The average molecular weight is 315 g/mol. The zero-order chi connectivity index (χ0) is 16.7. The van der Waals surface area contributed by atoms with E-state index in [0.29, 0.717) is 30.8 Å². The summed E-state index contributed by atoms with van der Waals surface area (Å²) in [5.41, 5.74) is 1.66. The molecule has 0 bridgehead atoms. The highest BCUT2D eigenvalue weighted by atomic mass is 16.5. The first-order valence-electron chi connectivity index (χ1n) is 7.38. The fraction of sp³-hybridized carbons (Fsp3) is 0.278. The zero-order valence-electron chi connectivity index (χ0n) is 13.3. The van der Waals surface area contributed by atoms with Crippen LogP contribution in [0.25, 0.3) is 0 Å². The summed E-state index contributed by atoms with van der Waals surface area (Å²) < 4.78 is 10.1. The topological polar surface area (TPSA) is 67.8 Å². The van der Waals surface area contributed by atoms with Gasteiger partial charge in [-0.05, 0) is 42.0 Å². The molecule has 0 radical (unpaired) electrons. The van der Waals surface area contributed by atoms with Crippen LogP contribution < -0.4 is 14.8 Å². The number of phenols is 1. The van der Waals surface area contributed by atoms with Crippen molar-refractivity contribution in [3.63, 3.8) is 0 Å². The lowest BCUT2D eigenvalue weighted by Gasteiger charge is -2.08. The van der Waals surface area contributed by atoms with E-state index in [0.717, 1.165) is 11.3 Å². The summed E-state index contributed by atoms with van der Waals surface area (Å²) in [5, 5.41) is 12.8. The van der Waals surface area contributed by atoms with Gasteiger partial charge in [0, 0.05) is 25.1 Å². The molecule has 0 saturated heterocycles. The van der Waals surface area contributed by atoms with E-state index in [1.54, 1.807) is 43.5 Å². The Hall–Kier alpha value is -2.53. The molecule has 0 fully saturated rings. The molecule has 0 aliphatic rings. The van der Waals surface area contributed by atoms with Crippen molar-refractivity contribution in [1.82, 2.24) is 5.32 Å². The lowest BCUT2D eigenvalue weighted by Crippen LogP contribution is -2.18. The maximum Gasteiger partial charge on any atom is 0.164 e. The molecule has 0 spiro atoms. The Kier molecular flexibility index (Phi) is 6.00. The van der Waals surface area contributed by atoms with Crippen LogP contribution in [0.4, 0.5) is 0 Å². The Bertz CT molecular complexity index is 653. The van der Waals surface area contributed by atoms with Crippen molar-refractivity contribution < 1.29 is 19.4 Å². The number of ether oxygens (including phenoxy) is 2. The van der Waals surface area contributed by atoms with E-state index in [2.05, 4.69) is 5.32 Å². The molecular formula is C18H21NO4. The van der Waals surface area contributed by atoms with Crippen LogP contribution in [0.5, 0.6) is 17.2 Å². The maximum absolute atomic E-state index is 12.1. The van der Waals surface area contributed by atoms with Gasteiger partial charge in [-0.2, -0.15) is 0 Å². The third-order valence-electron chi connectivity index (χ3n) is 3.51. The van der Waals surface area contributed by atoms with Gasteiger partial charge in [-0.25, -0.2) is 0 Å². The molecule has 0 unspecified atom stereocenters. The van der Waals surface area contributed by atoms with Gasteiger partial charge in [0.2, 0.25) is 0 Å². The van der Waals surface area contributed by atoms with Gasteiger partial charge in [0.15, 0.2) is 17.3 Å². The van der Waals surface area contributed by atoms with Crippen molar-refractivity contribution in [2.45, 2.75) is 13.0 Å². The monoisotopic (exact) mass is 315 g/mol. The van der Waals surface area contributed by atoms with Crippen LogP contribution in [0.2, 0.25) is 0 Å². The Morgan fingerprint density at radius 1 is 1.09 bits per heavy atom.